The first-order valence-corrected chi connectivity index (χ1v) is 6.76. The minimum Gasteiger partial charge on any atom is -0.388 e. The molecule has 19 heavy (non-hydrogen) atoms. The molecule has 108 valence electrons. The van der Waals surface area contributed by atoms with E-state index in [2.05, 4.69) is 15.9 Å². The summed E-state index contributed by atoms with van der Waals surface area (Å²) >= 11 is 3.30. The van der Waals surface area contributed by atoms with Crippen molar-refractivity contribution in [3.63, 3.8) is 0 Å². The maximum Gasteiger partial charge on any atom is 0.390 e. The Labute approximate surface area is 119 Å². The van der Waals surface area contributed by atoms with Gasteiger partial charge in [-0.15, -0.1) is 0 Å². The van der Waals surface area contributed by atoms with E-state index in [4.69, 9.17) is 0 Å². The maximum absolute atomic E-state index is 12.0. The fourth-order valence-electron chi connectivity index (χ4n) is 1.62. The first-order valence-electron chi connectivity index (χ1n) is 5.97. The molecule has 1 aromatic carbocycles. The van der Waals surface area contributed by atoms with Gasteiger partial charge < -0.3 is 10.0 Å². The molecule has 2 nitrogen and oxygen atoms in total. The van der Waals surface area contributed by atoms with E-state index in [0.29, 0.717) is 13.0 Å². The smallest absolute Gasteiger partial charge is 0.388 e. The molecule has 1 rings (SSSR count). The highest BCUT2D eigenvalue weighted by Crippen LogP contribution is 2.21. The topological polar surface area (TPSA) is 23.5 Å². The van der Waals surface area contributed by atoms with Crippen LogP contribution in [0.25, 0.3) is 0 Å². The van der Waals surface area contributed by atoms with Gasteiger partial charge in [-0.2, -0.15) is 13.2 Å². The molecule has 1 unspecified atom stereocenters. The molecular weight excluding hydrogens is 323 g/mol. The summed E-state index contributed by atoms with van der Waals surface area (Å²) in [4.78, 5) is 1.58. The number of halogens is 4. The van der Waals surface area contributed by atoms with Gasteiger partial charge in [0.25, 0.3) is 0 Å². The molecule has 0 heterocycles. The summed E-state index contributed by atoms with van der Waals surface area (Å²) in [6, 6.07) is 7.24. The Morgan fingerprint density at radius 1 is 1.21 bits per heavy atom. The van der Waals surface area contributed by atoms with E-state index in [1.807, 2.05) is 12.1 Å². The lowest BCUT2D eigenvalue weighted by molar-refractivity contribution is -0.137. The highest BCUT2D eigenvalue weighted by atomic mass is 79.9. The van der Waals surface area contributed by atoms with Crippen molar-refractivity contribution >= 4 is 15.9 Å². The van der Waals surface area contributed by atoms with Gasteiger partial charge in [0.05, 0.1) is 12.5 Å². The first kappa shape index (κ1) is 16.5. The lowest BCUT2D eigenvalue weighted by Crippen LogP contribution is -2.26. The van der Waals surface area contributed by atoms with Gasteiger partial charge in [0, 0.05) is 17.6 Å². The van der Waals surface area contributed by atoms with Gasteiger partial charge in [-0.25, -0.2) is 0 Å². The molecule has 1 atom stereocenters. The predicted molar refractivity (Wildman–Crippen MR) is 71.9 cm³/mol. The number of aliphatic hydroxyl groups is 1. The summed E-state index contributed by atoms with van der Waals surface area (Å²) in [5.41, 5.74) is 0.771. The van der Waals surface area contributed by atoms with Crippen LogP contribution in [0.5, 0.6) is 0 Å². The molecule has 0 aliphatic heterocycles. The molecule has 0 aromatic heterocycles. The fraction of sp³-hybridized carbons (Fsp3) is 0.538. The van der Waals surface area contributed by atoms with Gasteiger partial charge in [0.2, 0.25) is 0 Å². The number of aliphatic hydroxyl groups excluding tert-OH is 1. The molecule has 0 saturated heterocycles. The molecule has 0 amide bonds. The van der Waals surface area contributed by atoms with E-state index in [-0.39, 0.29) is 6.54 Å². The van der Waals surface area contributed by atoms with Crippen LogP contribution in [0.2, 0.25) is 0 Å². The molecular formula is C13H17BrF3NO. The largest absolute Gasteiger partial charge is 0.390 e. The molecule has 1 N–H and O–H groups in total. The van der Waals surface area contributed by atoms with Crippen LogP contribution in [0.3, 0.4) is 0 Å². The van der Waals surface area contributed by atoms with Crippen LogP contribution in [0.1, 0.15) is 24.5 Å². The van der Waals surface area contributed by atoms with Crippen molar-refractivity contribution in [2.45, 2.75) is 25.1 Å². The second-order valence-corrected chi connectivity index (χ2v) is 5.44. The average Bonchev–Trinajstić information content (AvgIpc) is 2.33. The molecule has 1 aromatic rings. The molecule has 0 fully saturated rings. The Balaban J connectivity index is 2.33. The molecule has 0 bridgehead atoms. The third-order valence-corrected chi connectivity index (χ3v) is 3.34. The minimum absolute atomic E-state index is 0.0451. The van der Waals surface area contributed by atoms with Gasteiger partial charge >= 0.3 is 6.18 Å². The Kier molecular flexibility index (Phi) is 6.29. The van der Waals surface area contributed by atoms with Crippen molar-refractivity contribution in [1.29, 1.82) is 0 Å². The van der Waals surface area contributed by atoms with Crippen molar-refractivity contribution in [3.8, 4) is 0 Å². The second-order valence-electron chi connectivity index (χ2n) is 4.52. The van der Waals surface area contributed by atoms with Crippen LogP contribution in [0.4, 0.5) is 13.2 Å². The highest BCUT2D eigenvalue weighted by Gasteiger charge is 2.27. The fourth-order valence-corrected chi connectivity index (χ4v) is 1.89. The van der Waals surface area contributed by atoms with Gasteiger partial charge in [-0.05, 0) is 31.2 Å². The summed E-state index contributed by atoms with van der Waals surface area (Å²) in [7, 11) is 1.63. The third-order valence-electron chi connectivity index (χ3n) is 2.82. The molecule has 0 radical (unpaired) electrons. The Morgan fingerprint density at radius 3 is 2.32 bits per heavy atom. The summed E-state index contributed by atoms with van der Waals surface area (Å²) < 4.78 is 37.0. The van der Waals surface area contributed by atoms with E-state index in [1.165, 1.54) is 0 Å². The van der Waals surface area contributed by atoms with E-state index < -0.39 is 18.7 Å². The standard InChI is InChI=1S/C13H17BrF3NO/c1-18(9-7-13(15,16)17)8-6-12(19)10-2-4-11(14)5-3-10/h2-5,12,19H,6-9H2,1H3. The number of alkyl halides is 3. The van der Waals surface area contributed by atoms with Crippen molar-refractivity contribution in [1.82, 2.24) is 4.90 Å². The zero-order valence-electron chi connectivity index (χ0n) is 10.6. The number of hydrogen-bond acceptors (Lipinski definition) is 2. The molecule has 0 saturated carbocycles. The summed E-state index contributed by atoms with van der Waals surface area (Å²) in [6.07, 6.45) is -5.19. The van der Waals surface area contributed by atoms with Crippen LogP contribution in [-0.2, 0) is 0 Å². The van der Waals surface area contributed by atoms with Crippen molar-refractivity contribution in [2.75, 3.05) is 20.1 Å². The summed E-state index contributed by atoms with van der Waals surface area (Å²) in [6.45, 7) is 0.379. The first-order chi connectivity index (χ1) is 8.78. The zero-order chi connectivity index (χ0) is 14.5. The molecule has 0 spiro atoms. The normalized spacial score (nSPS) is 13.8. The van der Waals surface area contributed by atoms with Crippen LogP contribution >= 0.6 is 15.9 Å². The van der Waals surface area contributed by atoms with Crippen molar-refractivity contribution in [3.05, 3.63) is 34.3 Å². The maximum atomic E-state index is 12.0. The Morgan fingerprint density at radius 2 is 1.79 bits per heavy atom. The average molecular weight is 340 g/mol. The van der Waals surface area contributed by atoms with E-state index in [1.54, 1.807) is 24.1 Å². The van der Waals surface area contributed by atoms with Crippen LogP contribution < -0.4 is 0 Å². The van der Waals surface area contributed by atoms with Gasteiger partial charge in [-0.1, -0.05) is 28.1 Å². The number of hydrogen-bond donors (Lipinski definition) is 1. The minimum atomic E-state index is -4.13. The highest BCUT2D eigenvalue weighted by molar-refractivity contribution is 9.10. The van der Waals surface area contributed by atoms with Crippen LogP contribution in [0.15, 0.2) is 28.7 Å². The molecule has 6 heteroatoms. The number of benzene rings is 1. The monoisotopic (exact) mass is 339 g/mol. The van der Waals surface area contributed by atoms with Crippen LogP contribution in [-0.4, -0.2) is 36.3 Å². The lowest BCUT2D eigenvalue weighted by atomic mass is 10.1. The van der Waals surface area contributed by atoms with Gasteiger partial charge in [-0.3, -0.25) is 0 Å². The zero-order valence-corrected chi connectivity index (χ0v) is 12.2. The van der Waals surface area contributed by atoms with Gasteiger partial charge in [0.15, 0.2) is 0 Å². The Hall–Kier alpha value is -0.590. The predicted octanol–water partition coefficient (Wildman–Crippen LogP) is 3.76. The second kappa shape index (κ2) is 7.26. The van der Waals surface area contributed by atoms with Crippen LogP contribution in [0, 0.1) is 0 Å². The summed E-state index contributed by atoms with van der Waals surface area (Å²) in [5.74, 6) is 0. The van der Waals surface area contributed by atoms with E-state index in [9.17, 15) is 18.3 Å². The lowest BCUT2D eigenvalue weighted by Gasteiger charge is -2.19. The molecule has 0 aliphatic rings. The quantitative estimate of drug-likeness (QED) is 0.853. The van der Waals surface area contributed by atoms with Crippen molar-refractivity contribution in [2.24, 2.45) is 0 Å². The van der Waals surface area contributed by atoms with E-state index >= 15 is 0 Å². The Bertz CT molecular complexity index is 380. The third kappa shape index (κ3) is 6.94. The van der Waals surface area contributed by atoms with Gasteiger partial charge in [0.1, 0.15) is 0 Å². The van der Waals surface area contributed by atoms with Crippen molar-refractivity contribution < 1.29 is 18.3 Å². The summed E-state index contributed by atoms with van der Waals surface area (Å²) in [5, 5.41) is 9.92. The SMILES string of the molecule is CN(CCC(O)c1ccc(Br)cc1)CCC(F)(F)F. The number of rotatable bonds is 6. The molecule has 0 aliphatic carbocycles. The number of nitrogens with zero attached hydrogens (tertiary/aromatic N) is 1. The van der Waals surface area contributed by atoms with E-state index in [0.717, 1.165) is 10.0 Å².